The van der Waals surface area contributed by atoms with Gasteiger partial charge in [-0.25, -0.2) is 8.42 Å². The topological polar surface area (TPSA) is 96.0 Å². The fraction of sp³-hybridized carbons (Fsp3) is 0.333. The van der Waals surface area contributed by atoms with Crippen LogP contribution in [0.2, 0.25) is 5.02 Å². The molecule has 0 saturated carbocycles. The maximum atomic E-state index is 14.1. The highest BCUT2D eigenvalue weighted by Crippen LogP contribution is 2.34. The van der Waals surface area contributed by atoms with E-state index in [1.165, 1.54) is 24.1 Å². The number of halogens is 1. The molecule has 40 heavy (non-hydrogen) atoms. The minimum atomic E-state index is -4.20. The Hall–Kier alpha value is -3.56. The third kappa shape index (κ3) is 7.34. The van der Waals surface area contributed by atoms with E-state index in [-0.39, 0.29) is 34.8 Å². The van der Waals surface area contributed by atoms with Gasteiger partial charge in [0, 0.05) is 17.6 Å². The van der Waals surface area contributed by atoms with E-state index in [4.69, 9.17) is 16.3 Å². The summed E-state index contributed by atoms with van der Waals surface area (Å²) in [6, 6.07) is 19.0. The van der Waals surface area contributed by atoms with Crippen molar-refractivity contribution in [1.29, 1.82) is 0 Å². The molecule has 0 heterocycles. The Morgan fingerprint density at radius 1 is 1.00 bits per heavy atom. The number of aryl methyl sites for hydroxylation is 1. The zero-order valence-electron chi connectivity index (χ0n) is 23.4. The first-order valence-electron chi connectivity index (χ1n) is 13.0. The molecule has 0 saturated heterocycles. The molecule has 0 aliphatic rings. The lowest BCUT2D eigenvalue weighted by Gasteiger charge is -2.33. The Balaban J connectivity index is 2.09. The molecule has 1 N–H and O–H groups in total. The number of rotatable bonds is 12. The molecule has 2 atom stereocenters. The van der Waals surface area contributed by atoms with Gasteiger partial charge in [-0.3, -0.25) is 13.9 Å². The summed E-state index contributed by atoms with van der Waals surface area (Å²) in [5.41, 5.74) is 1.63. The molecule has 0 bridgehead atoms. The second-order valence-corrected chi connectivity index (χ2v) is 11.9. The predicted molar refractivity (Wildman–Crippen MR) is 158 cm³/mol. The first-order valence-corrected chi connectivity index (χ1v) is 14.9. The number of methoxy groups -OCH3 is 1. The zero-order valence-corrected chi connectivity index (χ0v) is 25.0. The van der Waals surface area contributed by atoms with Crippen LogP contribution >= 0.6 is 11.6 Å². The predicted octanol–water partition coefficient (Wildman–Crippen LogP) is 5.18. The highest BCUT2D eigenvalue weighted by Gasteiger charge is 2.34. The van der Waals surface area contributed by atoms with Gasteiger partial charge in [-0.05, 0) is 68.7 Å². The Morgan fingerprint density at radius 2 is 1.65 bits per heavy atom. The lowest BCUT2D eigenvalue weighted by atomic mass is 10.1. The van der Waals surface area contributed by atoms with E-state index in [1.54, 1.807) is 67.6 Å². The quantitative estimate of drug-likeness (QED) is 0.316. The number of nitrogens with zero attached hydrogens (tertiary/aromatic N) is 2. The lowest BCUT2D eigenvalue weighted by molar-refractivity contribution is -0.139. The SMILES string of the molecule is CC[C@@H](C)NC(=O)[C@@H](C)N(Cc1ccccc1Cl)C(=O)CN(c1cc(C)ccc1OC)S(=O)(=O)c1ccccc1. The van der Waals surface area contributed by atoms with Crippen LogP contribution in [0.3, 0.4) is 0 Å². The van der Waals surface area contributed by atoms with E-state index in [0.717, 1.165) is 9.87 Å². The normalized spacial score (nSPS) is 12.8. The van der Waals surface area contributed by atoms with Gasteiger partial charge in [0.05, 0.1) is 17.7 Å². The van der Waals surface area contributed by atoms with Gasteiger partial charge in [0.2, 0.25) is 11.8 Å². The van der Waals surface area contributed by atoms with Crippen molar-refractivity contribution in [3.8, 4) is 5.75 Å². The number of benzene rings is 3. The first kappa shape index (κ1) is 31.0. The second kappa shape index (κ2) is 13.7. The number of sulfonamides is 1. The third-order valence-electron chi connectivity index (χ3n) is 6.68. The van der Waals surface area contributed by atoms with E-state index in [2.05, 4.69) is 5.32 Å². The molecule has 0 fully saturated rings. The number of hydrogen-bond donors (Lipinski definition) is 1. The van der Waals surface area contributed by atoms with Crippen LogP contribution in [0.15, 0.2) is 77.7 Å². The fourth-order valence-electron chi connectivity index (χ4n) is 4.09. The van der Waals surface area contributed by atoms with Crippen molar-refractivity contribution in [2.45, 2.75) is 57.6 Å². The highest BCUT2D eigenvalue weighted by molar-refractivity contribution is 7.92. The van der Waals surface area contributed by atoms with Crippen molar-refractivity contribution >= 4 is 39.1 Å². The van der Waals surface area contributed by atoms with E-state index in [1.807, 2.05) is 20.8 Å². The Kier molecular flexibility index (Phi) is 10.6. The zero-order chi connectivity index (χ0) is 29.4. The summed E-state index contributed by atoms with van der Waals surface area (Å²) in [7, 11) is -2.76. The third-order valence-corrected chi connectivity index (χ3v) is 8.82. The molecule has 8 nitrogen and oxygen atoms in total. The monoisotopic (exact) mass is 585 g/mol. The summed E-state index contributed by atoms with van der Waals surface area (Å²) in [4.78, 5) is 28.6. The summed E-state index contributed by atoms with van der Waals surface area (Å²) >= 11 is 6.41. The van der Waals surface area contributed by atoms with Gasteiger partial charge in [-0.1, -0.05) is 61.0 Å². The lowest BCUT2D eigenvalue weighted by Crippen LogP contribution is -2.52. The van der Waals surface area contributed by atoms with Crippen LogP contribution in [0.5, 0.6) is 5.75 Å². The summed E-state index contributed by atoms with van der Waals surface area (Å²) < 4.78 is 34.5. The molecule has 0 aromatic heterocycles. The Bertz CT molecular complexity index is 1430. The molecule has 2 amide bonds. The average Bonchev–Trinajstić information content (AvgIpc) is 2.95. The van der Waals surface area contributed by atoms with Crippen molar-refractivity contribution in [2.24, 2.45) is 0 Å². The highest BCUT2D eigenvalue weighted by atomic mass is 35.5. The molecule has 0 aliphatic heterocycles. The molecule has 3 aromatic carbocycles. The Labute approximate surface area is 241 Å². The van der Waals surface area contributed by atoms with Crippen LogP contribution in [0.1, 0.15) is 38.3 Å². The summed E-state index contributed by atoms with van der Waals surface area (Å²) in [5.74, 6) is -0.631. The van der Waals surface area contributed by atoms with Gasteiger partial charge in [0.25, 0.3) is 10.0 Å². The second-order valence-electron chi connectivity index (χ2n) is 9.61. The van der Waals surface area contributed by atoms with Gasteiger partial charge in [-0.2, -0.15) is 0 Å². The van der Waals surface area contributed by atoms with Crippen molar-refractivity contribution in [3.05, 3.63) is 88.9 Å². The summed E-state index contributed by atoms with van der Waals surface area (Å²) in [6.07, 6.45) is 0.715. The van der Waals surface area contributed by atoms with Crippen LogP contribution < -0.4 is 14.4 Å². The van der Waals surface area contributed by atoms with Crippen molar-refractivity contribution in [3.63, 3.8) is 0 Å². The molecule has 3 rings (SSSR count). The average molecular weight is 586 g/mol. The van der Waals surface area contributed by atoms with Gasteiger partial charge in [0.15, 0.2) is 0 Å². The van der Waals surface area contributed by atoms with Crippen LogP contribution in [0.4, 0.5) is 5.69 Å². The number of anilines is 1. The Morgan fingerprint density at radius 3 is 2.27 bits per heavy atom. The molecule has 0 unspecified atom stereocenters. The number of carbonyl (C=O) groups is 2. The van der Waals surface area contributed by atoms with E-state index < -0.39 is 28.5 Å². The van der Waals surface area contributed by atoms with Crippen molar-refractivity contribution in [2.75, 3.05) is 18.0 Å². The van der Waals surface area contributed by atoms with Gasteiger partial charge < -0.3 is 15.0 Å². The standard InChI is InChI=1S/C30H36ClN3O5S/c1-6-22(3)32-30(36)23(4)33(19-24-12-10-11-15-26(24)31)29(35)20-34(27-18-21(2)16-17-28(27)39-5)40(37,38)25-13-8-7-9-14-25/h7-18,22-23H,6,19-20H2,1-5H3,(H,32,36)/t22-,23-/m1/s1. The number of ether oxygens (including phenoxy) is 1. The van der Waals surface area contributed by atoms with Gasteiger partial charge >= 0.3 is 0 Å². The fourth-order valence-corrected chi connectivity index (χ4v) is 5.72. The van der Waals surface area contributed by atoms with Crippen LogP contribution in [-0.4, -0.2) is 50.9 Å². The van der Waals surface area contributed by atoms with Gasteiger partial charge in [0.1, 0.15) is 18.3 Å². The van der Waals surface area contributed by atoms with Crippen molar-refractivity contribution < 1.29 is 22.7 Å². The minimum Gasteiger partial charge on any atom is -0.495 e. The molecular formula is C30H36ClN3O5S. The molecule has 3 aromatic rings. The van der Waals surface area contributed by atoms with E-state index >= 15 is 0 Å². The largest absolute Gasteiger partial charge is 0.495 e. The van der Waals surface area contributed by atoms with Gasteiger partial charge in [-0.15, -0.1) is 0 Å². The van der Waals surface area contributed by atoms with E-state index in [0.29, 0.717) is 17.0 Å². The number of hydrogen-bond acceptors (Lipinski definition) is 5. The first-order chi connectivity index (χ1) is 19.0. The molecule has 0 spiro atoms. The maximum absolute atomic E-state index is 14.1. The maximum Gasteiger partial charge on any atom is 0.264 e. The minimum absolute atomic E-state index is 0.0117. The number of nitrogens with one attached hydrogen (secondary N) is 1. The molecule has 214 valence electrons. The van der Waals surface area contributed by atoms with Crippen LogP contribution in [-0.2, 0) is 26.2 Å². The summed E-state index contributed by atoms with van der Waals surface area (Å²) in [5, 5.41) is 3.35. The molecule has 0 aliphatic carbocycles. The van der Waals surface area contributed by atoms with E-state index in [9.17, 15) is 18.0 Å². The molecular weight excluding hydrogens is 550 g/mol. The van der Waals surface area contributed by atoms with Crippen molar-refractivity contribution in [1.82, 2.24) is 10.2 Å². The summed E-state index contributed by atoms with van der Waals surface area (Å²) in [6.45, 7) is 6.71. The van der Waals surface area contributed by atoms with Crippen LogP contribution in [0, 0.1) is 6.92 Å². The van der Waals surface area contributed by atoms with Crippen LogP contribution in [0.25, 0.3) is 0 Å². The molecule has 10 heteroatoms. The number of carbonyl (C=O) groups excluding carboxylic acids is 2. The number of amides is 2. The molecule has 0 radical (unpaired) electrons. The smallest absolute Gasteiger partial charge is 0.264 e.